The van der Waals surface area contributed by atoms with Crippen molar-refractivity contribution in [2.24, 2.45) is 0 Å². The summed E-state index contributed by atoms with van der Waals surface area (Å²) < 4.78 is 1.90. The molecule has 0 radical (unpaired) electrons. The zero-order chi connectivity index (χ0) is 10.3. The van der Waals surface area contributed by atoms with Crippen LogP contribution in [0.25, 0.3) is 11.0 Å². The SMILES string of the molecule is CCn1nc(C)c2[nH]c(=O)c(C)cc21. The smallest absolute Gasteiger partial charge is 0.251 e. The molecule has 1 N–H and O–H groups in total. The van der Waals surface area contributed by atoms with Gasteiger partial charge in [0.2, 0.25) is 0 Å². The molecule has 0 bridgehead atoms. The van der Waals surface area contributed by atoms with Crippen LogP contribution in [-0.2, 0) is 6.54 Å². The molecule has 0 amide bonds. The monoisotopic (exact) mass is 191 g/mol. The number of pyridine rings is 1. The van der Waals surface area contributed by atoms with E-state index in [-0.39, 0.29) is 5.56 Å². The van der Waals surface area contributed by atoms with Gasteiger partial charge in [0.1, 0.15) is 0 Å². The third-order valence-corrected chi connectivity index (χ3v) is 2.42. The van der Waals surface area contributed by atoms with Crippen LogP contribution >= 0.6 is 0 Å². The second kappa shape index (κ2) is 2.97. The summed E-state index contributed by atoms with van der Waals surface area (Å²) in [7, 11) is 0. The molecular formula is C10H13N3O. The molecule has 2 aromatic heterocycles. The van der Waals surface area contributed by atoms with E-state index in [2.05, 4.69) is 10.1 Å². The first-order valence-electron chi connectivity index (χ1n) is 4.70. The number of aromatic nitrogens is 3. The van der Waals surface area contributed by atoms with Crippen LogP contribution in [0.1, 0.15) is 18.2 Å². The highest BCUT2D eigenvalue weighted by Gasteiger charge is 2.07. The standard InChI is InChI=1S/C10H13N3O/c1-4-13-8-5-6(2)10(14)11-9(8)7(3)12-13/h5H,4H2,1-3H3,(H,11,14). The summed E-state index contributed by atoms with van der Waals surface area (Å²) in [4.78, 5) is 14.2. The zero-order valence-electron chi connectivity index (χ0n) is 8.59. The molecule has 0 unspecified atom stereocenters. The molecule has 0 aromatic carbocycles. The first-order chi connectivity index (χ1) is 6.63. The summed E-state index contributed by atoms with van der Waals surface area (Å²) in [6.07, 6.45) is 0. The van der Waals surface area contributed by atoms with Gasteiger partial charge in [-0.15, -0.1) is 0 Å². The van der Waals surface area contributed by atoms with Gasteiger partial charge in [-0.05, 0) is 26.8 Å². The summed E-state index contributed by atoms with van der Waals surface area (Å²) in [5.74, 6) is 0. The third kappa shape index (κ3) is 1.14. The third-order valence-electron chi connectivity index (χ3n) is 2.42. The molecule has 0 saturated heterocycles. The zero-order valence-corrected chi connectivity index (χ0v) is 8.59. The molecule has 4 heteroatoms. The lowest BCUT2D eigenvalue weighted by Gasteiger charge is -1.98. The van der Waals surface area contributed by atoms with Crippen LogP contribution in [0, 0.1) is 13.8 Å². The molecule has 74 valence electrons. The number of hydrogen-bond acceptors (Lipinski definition) is 2. The normalized spacial score (nSPS) is 11.1. The van der Waals surface area contributed by atoms with Crippen molar-refractivity contribution in [2.75, 3.05) is 0 Å². The number of rotatable bonds is 1. The van der Waals surface area contributed by atoms with Gasteiger partial charge < -0.3 is 4.98 Å². The van der Waals surface area contributed by atoms with Gasteiger partial charge in [-0.1, -0.05) is 0 Å². The first kappa shape index (κ1) is 8.99. The van der Waals surface area contributed by atoms with E-state index < -0.39 is 0 Å². The molecule has 0 spiro atoms. The van der Waals surface area contributed by atoms with Crippen molar-refractivity contribution in [3.05, 3.63) is 27.7 Å². The van der Waals surface area contributed by atoms with Crippen molar-refractivity contribution >= 4 is 11.0 Å². The van der Waals surface area contributed by atoms with Gasteiger partial charge in [-0.3, -0.25) is 9.48 Å². The molecule has 0 saturated carbocycles. The van der Waals surface area contributed by atoms with E-state index in [1.165, 1.54) is 0 Å². The Morgan fingerprint density at radius 2 is 2.21 bits per heavy atom. The predicted octanol–water partition coefficient (Wildman–Crippen LogP) is 1.36. The van der Waals surface area contributed by atoms with Crippen LogP contribution in [0.3, 0.4) is 0 Å². The van der Waals surface area contributed by atoms with E-state index in [4.69, 9.17) is 0 Å². The minimum Gasteiger partial charge on any atom is -0.319 e. The van der Waals surface area contributed by atoms with Gasteiger partial charge in [0.25, 0.3) is 5.56 Å². The number of hydrogen-bond donors (Lipinski definition) is 1. The van der Waals surface area contributed by atoms with Crippen molar-refractivity contribution in [3.63, 3.8) is 0 Å². The van der Waals surface area contributed by atoms with E-state index >= 15 is 0 Å². The number of aryl methyl sites for hydroxylation is 3. The maximum atomic E-state index is 11.4. The van der Waals surface area contributed by atoms with Crippen molar-refractivity contribution in [1.29, 1.82) is 0 Å². The van der Waals surface area contributed by atoms with Gasteiger partial charge in [0.15, 0.2) is 0 Å². The lowest BCUT2D eigenvalue weighted by Crippen LogP contribution is -2.09. The number of nitrogens with one attached hydrogen (secondary N) is 1. The van der Waals surface area contributed by atoms with Crippen LogP contribution in [0.4, 0.5) is 0 Å². The summed E-state index contributed by atoms with van der Waals surface area (Å²) in [5, 5.41) is 4.34. The quantitative estimate of drug-likeness (QED) is 0.740. The second-order valence-corrected chi connectivity index (χ2v) is 3.44. The van der Waals surface area contributed by atoms with Crippen molar-refractivity contribution < 1.29 is 0 Å². The maximum absolute atomic E-state index is 11.4. The Hall–Kier alpha value is -1.58. The fourth-order valence-corrected chi connectivity index (χ4v) is 1.62. The van der Waals surface area contributed by atoms with Crippen molar-refractivity contribution in [2.45, 2.75) is 27.3 Å². The Morgan fingerprint density at radius 3 is 2.86 bits per heavy atom. The molecule has 0 aliphatic heterocycles. The molecule has 2 aromatic rings. The Morgan fingerprint density at radius 1 is 1.50 bits per heavy atom. The van der Waals surface area contributed by atoms with Gasteiger partial charge in [-0.2, -0.15) is 5.10 Å². The molecule has 0 aliphatic rings. The molecule has 2 heterocycles. The number of nitrogens with zero attached hydrogens (tertiary/aromatic N) is 2. The fraction of sp³-hybridized carbons (Fsp3) is 0.400. The number of aromatic amines is 1. The van der Waals surface area contributed by atoms with E-state index in [0.29, 0.717) is 0 Å². The highest BCUT2D eigenvalue weighted by atomic mass is 16.1. The Labute approximate surface area is 81.6 Å². The lowest BCUT2D eigenvalue weighted by atomic mass is 10.2. The van der Waals surface area contributed by atoms with Crippen molar-refractivity contribution in [3.8, 4) is 0 Å². The highest BCUT2D eigenvalue weighted by molar-refractivity contribution is 5.77. The summed E-state index contributed by atoms with van der Waals surface area (Å²) in [6, 6.07) is 1.89. The molecular weight excluding hydrogens is 178 g/mol. The first-order valence-corrected chi connectivity index (χ1v) is 4.70. The average Bonchev–Trinajstić information content (AvgIpc) is 2.45. The Balaban J connectivity index is 2.91. The molecule has 4 nitrogen and oxygen atoms in total. The van der Waals surface area contributed by atoms with Gasteiger partial charge in [0, 0.05) is 12.1 Å². The molecule has 0 atom stereocenters. The molecule has 0 aliphatic carbocycles. The summed E-state index contributed by atoms with van der Waals surface area (Å²) in [5.41, 5.74) is 3.42. The minimum atomic E-state index is -0.0312. The highest BCUT2D eigenvalue weighted by Crippen LogP contribution is 2.14. The molecule has 2 rings (SSSR count). The van der Waals surface area contributed by atoms with E-state index in [9.17, 15) is 4.79 Å². The van der Waals surface area contributed by atoms with Gasteiger partial charge in [0.05, 0.1) is 16.7 Å². The predicted molar refractivity (Wildman–Crippen MR) is 55.5 cm³/mol. The topological polar surface area (TPSA) is 50.7 Å². The molecule has 14 heavy (non-hydrogen) atoms. The summed E-state index contributed by atoms with van der Waals surface area (Å²) >= 11 is 0. The fourth-order valence-electron chi connectivity index (χ4n) is 1.62. The van der Waals surface area contributed by atoms with E-state index in [1.54, 1.807) is 6.92 Å². The number of fused-ring (bicyclic) bond motifs is 1. The van der Waals surface area contributed by atoms with Gasteiger partial charge in [-0.25, -0.2) is 0 Å². The maximum Gasteiger partial charge on any atom is 0.251 e. The summed E-state index contributed by atoms with van der Waals surface area (Å²) in [6.45, 7) is 6.56. The largest absolute Gasteiger partial charge is 0.319 e. The average molecular weight is 191 g/mol. The Kier molecular flexibility index (Phi) is 1.91. The molecule has 0 fully saturated rings. The van der Waals surface area contributed by atoms with Crippen LogP contribution in [-0.4, -0.2) is 14.8 Å². The lowest BCUT2D eigenvalue weighted by molar-refractivity contribution is 0.676. The van der Waals surface area contributed by atoms with Crippen LogP contribution in [0.5, 0.6) is 0 Å². The Bertz CT molecular complexity index is 536. The van der Waals surface area contributed by atoms with Crippen LogP contribution < -0.4 is 5.56 Å². The second-order valence-electron chi connectivity index (χ2n) is 3.44. The van der Waals surface area contributed by atoms with Crippen molar-refractivity contribution in [1.82, 2.24) is 14.8 Å². The number of H-pyrrole nitrogens is 1. The minimum absolute atomic E-state index is 0.0312. The van der Waals surface area contributed by atoms with E-state index in [1.807, 2.05) is 24.6 Å². The van der Waals surface area contributed by atoms with E-state index in [0.717, 1.165) is 28.8 Å². The van der Waals surface area contributed by atoms with Gasteiger partial charge >= 0.3 is 0 Å². The van der Waals surface area contributed by atoms with Crippen LogP contribution in [0.2, 0.25) is 0 Å². The van der Waals surface area contributed by atoms with Crippen LogP contribution in [0.15, 0.2) is 10.9 Å².